The predicted octanol–water partition coefficient (Wildman–Crippen LogP) is 4.32. The topological polar surface area (TPSA) is 76.4 Å². The molecule has 7 nitrogen and oxygen atoms in total. The van der Waals surface area contributed by atoms with Crippen LogP contribution in [0.25, 0.3) is 11.3 Å². The monoisotopic (exact) mass is 430 g/mol. The van der Waals surface area contributed by atoms with Gasteiger partial charge in [-0.3, -0.25) is 9.67 Å². The number of aromatic nitrogens is 3. The molecule has 2 N–H and O–H groups in total. The van der Waals surface area contributed by atoms with Crippen LogP contribution < -0.4 is 10.8 Å². The van der Waals surface area contributed by atoms with E-state index in [9.17, 15) is 0 Å². The van der Waals surface area contributed by atoms with Crippen LogP contribution in [0.15, 0.2) is 60.0 Å². The molecule has 0 spiro atoms. The largest absolute Gasteiger partial charge is 0.385 e. The van der Waals surface area contributed by atoms with E-state index in [0.717, 1.165) is 41.8 Å². The van der Waals surface area contributed by atoms with Crippen LogP contribution in [-0.4, -0.2) is 27.7 Å². The number of pyridine rings is 1. The van der Waals surface area contributed by atoms with Gasteiger partial charge in [-0.1, -0.05) is 43.5 Å². The Bertz CT molecular complexity index is 1090. The third-order valence-corrected chi connectivity index (χ3v) is 6.47. The zero-order chi connectivity index (χ0) is 22.0. The van der Waals surface area contributed by atoms with Gasteiger partial charge in [0.2, 0.25) is 5.90 Å². The molecular formula is C25H30N6O. The maximum Gasteiger partial charge on any atom is 0.246 e. The highest BCUT2D eigenvalue weighted by atomic mass is 16.7. The maximum absolute atomic E-state index is 5.97. The summed E-state index contributed by atoms with van der Waals surface area (Å²) in [4.78, 5) is 15.1. The number of aliphatic imine (C=N–C) groups is 1. The summed E-state index contributed by atoms with van der Waals surface area (Å²) in [5, 5.41) is 7.99. The molecule has 1 fully saturated rings. The Hall–Kier alpha value is -3.03. The number of rotatable bonds is 6. The predicted molar refractivity (Wildman–Crippen MR) is 125 cm³/mol. The lowest BCUT2D eigenvalue weighted by Gasteiger charge is -2.24. The first-order valence-electron chi connectivity index (χ1n) is 11.4. The molecule has 1 saturated carbocycles. The molecule has 1 unspecified atom stereocenters. The van der Waals surface area contributed by atoms with Crippen LogP contribution in [0.5, 0.6) is 0 Å². The van der Waals surface area contributed by atoms with Gasteiger partial charge in [-0.2, -0.15) is 5.10 Å². The second kappa shape index (κ2) is 8.84. The summed E-state index contributed by atoms with van der Waals surface area (Å²) < 4.78 is 2.18. The molecule has 3 aromatic rings. The standard InChI is InChI=1S/C25H30N6O/c1-25(20-10-8-18(9-11-20)16-26-2)29-24(32-30-25)22-17-28-31(21-6-4-3-5-7-21)23(22)19-12-14-27-15-13-19/h8-15,17,21,26,30H,3-7,16H2,1-2H3. The third-order valence-electron chi connectivity index (χ3n) is 6.47. The summed E-state index contributed by atoms with van der Waals surface area (Å²) in [5.74, 6) is 0.570. The molecule has 0 bridgehead atoms. The average Bonchev–Trinajstić information content (AvgIpc) is 3.46. The van der Waals surface area contributed by atoms with Crippen LogP contribution >= 0.6 is 0 Å². The van der Waals surface area contributed by atoms with Gasteiger partial charge in [0.05, 0.1) is 23.5 Å². The summed E-state index contributed by atoms with van der Waals surface area (Å²) in [5.41, 5.74) is 7.81. The molecule has 1 atom stereocenters. The normalized spacial score (nSPS) is 21.4. The summed E-state index contributed by atoms with van der Waals surface area (Å²) in [6.45, 7) is 2.87. The van der Waals surface area contributed by atoms with E-state index in [-0.39, 0.29) is 0 Å². The van der Waals surface area contributed by atoms with Gasteiger partial charge in [0, 0.05) is 24.5 Å². The highest BCUT2D eigenvalue weighted by Crippen LogP contribution is 2.36. The summed E-state index contributed by atoms with van der Waals surface area (Å²) >= 11 is 0. The Kier molecular flexibility index (Phi) is 5.76. The molecule has 1 aromatic carbocycles. The molecule has 32 heavy (non-hydrogen) atoms. The lowest BCUT2D eigenvalue weighted by Crippen LogP contribution is -2.32. The van der Waals surface area contributed by atoms with Crippen molar-refractivity contribution in [1.82, 2.24) is 25.6 Å². The first kappa shape index (κ1) is 20.8. The van der Waals surface area contributed by atoms with Crippen LogP contribution in [-0.2, 0) is 17.0 Å². The molecule has 5 rings (SSSR count). The second-order valence-electron chi connectivity index (χ2n) is 8.80. The fraction of sp³-hybridized carbons (Fsp3) is 0.400. The van der Waals surface area contributed by atoms with Gasteiger partial charge in [0.1, 0.15) is 0 Å². The Morgan fingerprint density at radius 2 is 1.84 bits per heavy atom. The molecule has 1 aliphatic heterocycles. The molecule has 2 aliphatic rings. The van der Waals surface area contributed by atoms with E-state index in [1.807, 2.05) is 44.7 Å². The molecule has 0 saturated heterocycles. The summed E-state index contributed by atoms with van der Waals surface area (Å²) in [6.07, 6.45) is 11.6. The minimum Gasteiger partial charge on any atom is -0.385 e. The van der Waals surface area contributed by atoms with Crippen molar-refractivity contribution >= 4 is 5.90 Å². The Labute approximate surface area is 188 Å². The minimum atomic E-state index is -0.657. The van der Waals surface area contributed by atoms with Crippen LogP contribution in [0.4, 0.5) is 0 Å². The first-order valence-corrected chi connectivity index (χ1v) is 11.4. The van der Waals surface area contributed by atoms with E-state index >= 15 is 0 Å². The van der Waals surface area contributed by atoms with Gasteiger partial charge in [-0.25, -0.2) is 4.99 Å². The van der Waals surface area contributed by atoms with Gasteiger partial charge in [0.25, 0.3) is 0 Å². The van der Waals surface area contributed by atoms with Gasteiger partial charge in [0.15, 0.2) is 5.66 Å². The van der Waals surface area contributed by atoms with Gasteiger partial charge in [-0.05, 0) is 50.1 Å². The van der Waals surface area contributed by atoms with Crippen molar-refractivity contribution in [3.8, 4) is 11.3 Å². The average molecular weight is 431 g/mol. The Morgan fingerprint density at radius 3 is 2.56 bits per heavy atom. The summed E-state index contributed by atoms with van der Waals surface area (Å²) in [7, 11) is 1.95. The number of benzene rings is 1. The van der Waals surface area contributed by atoms with Crippen LogP contribution in [0.3, 0.4) is 0 Å². The van der Waals surface area contributed by atoms with Crippen LogP contribution in [0.1, 0.15) is 61.8 Å². The molecule has 2 aromatic heterocycles. The Balaban J connectivity index is 1.52. The highest BCUT2D eigenvalue weighted by molar-refractivity contribution is 6.00. The molecule has 3 heterocycles. The van der Waals surface area contributed by atoms with E-state index in [4.69, 9.17) is 14.9 Å². The molecule has 1 aliphatic carbocycles. The van der Waals surface area contributed by atoms with Crippen molar-refractivity contribution in [1.29, 1.82) is 0 Å². The number of nitrogens with zero attached hydrogens (tertiary/aromatic N) is 4. The van der Waals surface area contributed by atoms with Gasteiger partial charge in [-0.15, -0.1) is 5.48 Å². The fourth-order valence-corrected chi connectivity index (χ4v) is 4.71. The lowest BCUT2D eigenvalue weighted by molar-refractivity contribution is 0.129. The van der Waals surface area contributed by atoms with Crippen molar-refractivity contribution in [2.75, 3.05) is 7.05 Å². The number of nitrogens with one attached hydrogen (secondary N) is 2. The van der Waals surface area contributed by atoms with Crippen LogP contribution in [0, 0.1) is 0 Å². The van der Waals surface area contributed by atoms with Gasteiger partial charge >= 0.3 is 0 Å². The van der Waals surface area contributed by atoms with E-state index in [1.54, 1.807) is 0 Å². The molecular weight excluding hydrogens is 400 g/mol. The van der Waals surface area contributed by atoms with Crippen molar-refractivity contribution in [3.63, 3.8) is 0 Å². The SMILES string of the molecule is CNCc1ccc(C2(C)N=C(c3cnn(C4CCCCC4)c3-c3ccncc3)ON2)cc1. The highest BCUT2D eigenvalue weighted by Gasteiger charge is 2.36. The van der Waals surface area contributed by atoms with Gasteiger partial charge < -0.3 is 10.2 Å². The quantitative estimate of drug-likeness (QED) is 0.609. The zero-order valence-corrected chi connectivity index (χ0v) is 18.7. The molecule has 0 radical (unpaired) electrons. The first-order chi connectivity index (χ1) is 15.7. The zero-order valence-electron chi connectivity index (χ0n) is 18.7. The van der Waals surface area contributed by atoms with Crippen molar-refractivity contribution in [2.45, 2.75) is 57.3 Å². The lowest BCUT2D eigenvalue weighted by atomic mass is 9.95. The smallest absolute Gasteiger partial charge is 0.246 e. The van der Waals surface area contributed by atoms with E-state index in [1.165, 1.54) is 24.8 Å². The molecule has 7 heteroatoms. The van der Waals surface area contributed by atoms with E-state index in [0.29, 0.717) is 11.9 Å². The Morgan fingerprint density at radius 1 is 1.09 bits per heavy atom. The number of hydroxylamine groups is 1. The maximum atomic E-state index is 5.97. The van der Waals surface area contributed by atoms with Crippen LogP contribution in [0.2, 0.25) is 0 Å². The number of hydrogen-bond donors (Lipinski definition) is 2. The third kappa shape index (κ3) is 3.94. The minimum absolute atomic E-state index is 0.404. The van der Waals surface area contributed by atoms with E-state index < -0.39 is 5.66 Å². The number of hydrogen-bond acceptors (Lipinski definition) is 6. The van der Waals surface area contributed by atoms with Crippen molar-refractivity contribution in [2.24, 2.45) is 4.99 Å². The van der Waals surface area contributed by atoms with Crippen molar-refractivity contribution < 1.29 is 4.84 Å². The molecule has 166 valence electrons. The fourth-order valence-electron chi connectivity index (χ4n) is 4.71. The second-order valence-corrected chi connectivity index (χ2v) is 8.80. The van der Waals surface area contributed by atoms with E-state index in [2.05, 4.69) is 44.7 Å². The molecule has 0 amide bonds. The van der Waals surface area contributed by atoms with Crippen molar-refractivity contribution in [3.05, 3.63) is 71.7 Å². The summed E-state index contributed by atoms with van der Waals surface area (Å²) in [6, 6.07) is 12.9.